The fraction of sp³-hybridized carbons (Fsp3) is 0.235. The number of halogens is 3. The van der Waals surface area contributed by atoms with Gasteiger partial charge in [-0.25, -0.2) is 0 Å². The Morgan fingerprint density at radius 2 is 1.72 bits per heavy atom. The fourth-order valence-electron chi connectivity index (χ4n) is 2.22. The first-order valence-corrected chi connectivity index (χ1v) is 9.62. The van der Waals surface area contributed by atoms with E-state index in [0.29, 0.717) is 39.7 Å². The fourth-order valence-corrected chi connectivity index (χ4v) is 3.86. The summed E-state index contributed by atoms with van der Waals surface area (Å²) in [5.41, 5.74) is 0.358. The molecule has 1 amide bonds. The quantitative estimate of drug-likeness (QED) is 0.662. The SMILES string of the molecule is O=C(CSc1ccc2c(c1)OCCCO2)Nc1c(Cl)cc(Cl)cc1Cl. The van der Waals surface area contributed by atoms with E-state index in [0.717, 1.165) is 17.1 Å². The van der Waals surface area contributed by atoms with Crippen LogP contribution in [0.15, 0.2) is 35.2 Å². The standard InChI is InChI=1S/C17H14Cl3NO3S/c18-10-6-12(19)17(13(20)7-10)21-16(22)9-25-11-2-3-14-15(8-11)24-5-1-4-23-14/h2-3,6-8H,1,4-5,9H2,(H,21,22). The molecule has 0 unspecified atom stereocenters. The molecular formula is C17H14Cl3NO3S. The maximum absolute atomic E-state index is 12.2. The summed E-state index contributed by atoms with van der Waals surface area (Å²) in [6, 6.07) is 8.69. The highest BCUT2D eigenvalue weighted by atomic mass is 35.5. The van der Waals surface area contributed by atoms with Crippen LogP contribution in [0.4, 0.5) is 5.69 Å². The molecular weight excluding hydrogens is 405 g/mol. The van der Waals surface area contributed by atoms with E-state index in [4.69, 9.17) is 44.3 Å². The predicted molar refractivity (Wildman–Crippen MR) is 103 cm³/mol. The zero-order valence-electron chi connectivity index (χ0n) is 13.0. The Hall–Kier alpha value is -1.27. The van der Waals surface area contributed by atoms with E-state index in [9.17, 15) is 4.79 Å². The number of rotatable bonds is 4. The minimum Gasteiger partial charge on any atom is -0.490 e. The third-order valence-corrected chi connectivity index (χ3v) is 5.17. The van der Waals surface area contributed by atoms with E-state index in [1.54, 1.807) is 0 Å². The molecule has 0 radical (unpaired) electrons. The van der Waals surface area contributed by atoms with Gasteiger partial charge in [-0.15, -0.1) is 11.8 Å². The summed E-state index contributed by atoms with van der Waals surface area (Å²) in [4.78, 5) is 13.1. The average molecular weight is 419 g/mol. The second kappa shape index (κ2) is 8.41. The van der Waals surface area contributed by atoms with E-state index in [1.165, 1.54) is 23.9 Å². The summed E-state index contributed by atoms with van der Waals surface area (Å²) >= 11 is 19.4. The molecule has 0 aliphatic carbocycles. The first-order chi connectivity index (χ1) is 12.0. The van der Waals surface area contributed by atoms with Crippen molar-refractivity contribution >= 4 is 58.2 Å². The van der Waals surface area contributed by atoms with E-state index >= 15 is 0 Å². The summed E-state index contributed by atoms with van der Waals surface area (Å²) in [5.74, 6) is 1.41. The van der Waals surface area contributed by atoms with E-state index in [-0.39, 0.29) is 11.7 Å². The maximum atomic E-state index is 12.2. The molecule has 2 aromatic rings. The van der Waals surface area contributed by atoms with Crippen LogP contribution in [0.1, 0.15) is 6.42 Å². The normalized spacial score (nSPS) is 13.2. The largest absolute Gasteiger partial charge is 0.490 e. The van der Waals surface area contributed by atoms with Crippen LogP contribution >= 0.6 is 46.6 Å². The number of anilines is 1. The van der Waals surface area contributed by atoms with E-state index in [2.05, 4.69) is 5.32 Å². The zero-order valence-corrected chi connectivity index (χ0v) is 16.1. The van der Waals surface area contributed by atoms with Crippen molar-refractivity contribution < 1.29 is 14.3 Å². The van der Waals surface area contributed by atoms with Crippen molar-refractivity contribution in [3.05, 3.63) is 45.4 Å². The Balaban J connectivity index is 1.62. The van der Waals surface area contributed by atoms with Gasteiger partial charge in [0.2, 0.25) is 5.91 Å². The van der Waals surface area contributed by atoms with Crippen molar-refractivity contribution in [1.29, 1.82) is 0 Å². The first-order valence-electron chi connectivity index (χ1n) is 7.50. The molecule has 0 fully saturated rings. The molecule has 1 aliphatic rings. The molecule has 25 heavy (non-hydrogen) atoms. The molecule has 0 bridgehead atoms. The lowest BCUT2D eigenvalue weighted by Gasteiger charge is -2.11. The molecule has 0 saturated heterocycles. The van der Waals surface area contributed by atoms with Gasteiger partial charge in [0, 0.05) is 16.3 Å². The van der Waals surface area contributed by atoms with E-state index in [1.807, 2.05) is 18.2 Å². The number of ether oxygens (including phenoxy) is 2. The summed E-state index contributed by atoms with van der Waals surface area (Å²) in [6.45, 7) is 1.26. The molecule has 3 rings (SSSR count). The molecule has 0 saturated carbocycles. The Morgan fingerprint density at radius 1 is 1.04 bits per heavy atom. The van der Waals surface area contributed by atoms with Gasteiger partial charge in [-0.1, -0.05) is 34.8 Å². The lowest BCUT2D eigenvalue weighted by atomic mass is 10.3. The van der Waals surface area contributed by atoms with Crippen LogP contribution < -0.4 is 14.8 Å². The first kappa shape index (κ1) is 18.5. The molecule has 0 atom stereocenters. The van der Waals surface area contributed by atoms with Crippen molar-refractivity contribution in [3.8, 4) is 11.5 Å². The van der Waals surface area contributed by atoms with Crippen LogP contribution in [-0.2, 0) is 4.79 Å². The van der Waals surface area contributed by atoms with Gasteiger partial charge < -0.3 is 14.8 Å². The Bertz CT molecular complexity index is 778. The molecule has 4 nitrogen and oxygen atoms in total. The number of amides is 1. The minimum atomic E-state index is -0.219. The van der Waals surface area contributed by atoms with Gasteiger partial charge in [0.25, 0.3) is 0 Å². The van der Waals surface area contributed by atoms with Gasteiger partial charge in [0.15, 0.2) is 11.5 Å². The highest BCUT2D eigenvalue weighted by Gasteiger charge is 2.14. The van der Waals surface area contributed by atoms with Crippen LogP contribution in [-0.4, -0.2) is 24.9 Å². The number of carbonyl (C=O) groups excluding carboxylic acids is 1. The topological polar surface area (TPSA) is 47.6 Å². The lowest BCUT2D eigenvalue weighted by molar-refractivity contribution is -0.113. The molecule has 0 aromatic heterocycles. The number of hydrogen-bond acceptors (Lipinski definition) is 4. The van der Waals surface area contributed by atoms with Gasteiger partial charge in [-0.05, 0) is 30.3 Å². The third kappa shape index (κ3) is 4.88. The van der Waals surface area contributed by atoms with Crippen LogP contribution in [0.3, 0.4) is 0 Å². The zero-order chi connectivity index (χ0) is 17.8. The lowest BCUT2D eigenvalue weighted by Crippen LogP contribution is -2.14. The van der Waals surface area contributed by atoms with Gasteiger partial charge in [-0.2, -0.15) is 0 Å². The Morgan fingerprint density at radius 3 is 2.44 bits per heavy atom. The number of nitrogens with one attached hydrogen (secondary N) is 1. The molecule has 0 spiro atoms. The van der Waals surface area contributed by atoms with Crippen LogP contribution in [0.25, 0.3) is 0 Å². The van der Waals surface area contributed by atoms with Crippen molar-refractivity contribution in [1.82, 2.24) is 0 Å². The summed E-state index contributed by atoms with van der Waals surface area (Å²) < 4.78 is 11.2. The number of thioether (sulfide) groups is 1. The molecule has 1 N–H and O–H groups in total. The van der Waals surface area contributed by atoms with Crippen LogP contribution in [0, 0.1) is 0 Å². The third-order valence-electron chi connectivity index (χ3n) is 3.36. The number of hydrogen-bond donors (Lipinski definition) is 1. The van der Waals surface area contributed by atoms with Crippen molar-refractivity contribution in [2.45, 2.75) is 11.3 Å². The second-order valence-electron chi connectivity index (χ2n) is 5.24. The van der Waals surface area contributed by atoms with Gasteiger partial charge in [0.05, 0.1) is 34.7 Å². The second-order valence-corrected chi connectivity index (χ2v) is 7.54. The highest BCUT2D eigenvalue weighted by molar-refractivity contribution is 8.00. The monoisotopic (exact) mass is 417 g/mol. The molecule has 1 aliphatic heterocycles. The average Bonchev–Trinajstić information content (AvgIpc) is 2.81. The number of benzene rings is 2. The van der Waals surface area contributed by atoms with Gasteiger partial charge in [-0.3, -0.25) is 4.79 Å². The molecule has 2 aromatic carbocycles. The van der Waals surface area contributed by atoms with Crippen molar-refractivity contribution in [2.24, 2.45) is 0 Å². The molecule has 1 heterocycles. The highest BCUT2D eigenvalue weighted by Crippen LogP contribution is 2.35. The van der Waals surface area contributed by atoms with Gasteiger partial charge in [0.1, 0.15) is 0 Å². The van der Waals surface area contributed by atoms with Crippen molar-refractivity contribution in [3.63, 3.8) is 0 Å². The summed E-state index contributed by atoms with van der Waals surface area (Å²) in [6.07, 6.45) is 0.849. The summed E-state index contributed by atoms with van der Waals surface area (Å²) in [5, 5.41) is 3.72. The predicted octanol–water partition coefficient (Wildman–Crippen LogP) is 5.54. The van der Waals surface area contributed by atoms with Gasteiger partial charge >= 0.3 is 0 Å². The molecule has 132 valence electrons. The number of carbonyl (C=O) groups is 1. The number of fused-ring (bicyclic) bond motifs is 1. The van der Waals surface area contributed by atoms with Crippen LogP contribution in [0.5, 0.6) is 11.5 Å². The van der Waals surface area contributed by atoms with E-state index < -0.39 is 0 Å². The smallest absolute Gasteiger partial charge is 0.234 e. The molecule has 8 heteroatoms. The maximum Gasteiger partial charge on any atom is 0.234 e. The Kier molecular flexibility index (Phi) is 6.23. The minimum absolute atomic E-state index is 0.203. The summed E-state index contributed by atoms with van der Waals surface area (Å²) in [7, 11) is 0. The Labute approximate surface area is 164 Å². The van der Waals surface area contributed by atoms with Crippen LogP contribution in [0.2, 0.25) is 15.1 Å². The van der Waals surface area contributed by atoms with Crippen molar-refractivity contribution in [2.75, 3.05) is 24.3 Å².